The fourth-order valence-corrected chi connectivity index (χ4v) is 1.85. The number of nitrogens with one attached hydrogen (secondary N) is 1. The minimum Gasteiger partial charge on any atom is -0.497 e. The average molecular weight is 339 g/mol. The van der Waals surface area contributed by atoms with Crippen molar-refractivity contribution < 1.29 is 13.9 Å². The van der Waals surface area contributed by atoms with E-state index in [0.717, 1.165) is 0 Å². The molecule has 0 radical (unpaired) electrons. The zero-order valence-electron chi connectivity index (χ0n) is 10.6. The maximum Gasteiger partial charge on any atom is 0.142 e. The Bertz CT molecular complexity index is 662. The average Bonchev–Trinajstić information content (AvgIpc) is 2.42. The monoisotopic (exact) mass is 338 g/mol. The lowest BCUT2D eigenvalue weighted by atomic mass is 10.1. The molecule has 0 aromatic heterocycles. The van der Waals surface area contributed by atoms with Crippen LogP contribution in [-0.2, 0) is 0 Å². The summed E-state index contributed by atoms with van der Waals surface area (Å²) in [5, 5.41) is 7.52. The predicted molar refractivity (Wildman–Crippen MR) is 78.2 cm³/mol. The van der Waals surface area contributed by atoms with Crippen molar-refractivity contribution in [3.8, 4) is 17.2 Å². The molecule has 0 fully saturated rings. The minimum absolute atomic E-state index is 0.139. The molecule has 6 heteroatoms. The summed E-state index contributed by atoms with van der Waals surface area (Å²) in [5.41, 5.74) is 5.91. The number of benzene rings is 2. The van der Waals surface area contributed by atoms with Crippen LogP contribution in [0.2, 0.25) is 0 Å². The molecule has 0 saturated heterocycles. The van der Waals surface area contributed by atoms with Crippen LogP contribution in [0.4, 0.5) is 4.39 Å². The van der Waals surface area contributed by atoms with Gasteiger partial charge in [0.15, 0.2) is 0 Å². The number of hydrogen-bond donors (Lipinski definition) is 2. The first-order valence-corrected chi connectivity index (χ1v) is 6.46. The number of hydrogen-bond acceptors (Lipinski definition) is 3. The van der Waals surface area contributed by atoms with Gasteiger partial charge in [-0.25, -0.2) is 4.39 Å². The predicted octanol–water partition coefficient (Wildman–Crippen LogP) is 3.67. The van der Waals surface area contributed by atoms with Crippen LogP contribution in [0.5, 0.6) is 17.2 Å². The zero-order chi connectivity index (χ0) is 14.7. The Morgan fingerprint density at radius 1 is 1.20 bits per heavy atom. The maximum absolute atomic E-state index is 13.5. The smallest absolute Gasteiger partial charge is 0.142 e. The Morgan fingerprint density at radius 3 is 2.50 bits per heavy atom. The molecular weight excluding hydrogens is 327 g/mol. The fourth-order valence-electron chi connectivity index (χ4n) is 1.60. The van der Waals surface area contributed by atoms with Gasteiger partial charge in [-0.05, 0) is 40.2 Å². The normalized spacial score (nSPS) is 10.2. The van der Waals surface area contributed by atoms with Crippen molar-refractivity contribution in [2.24, 2.45) is 5.73 Å². The molecule has 0 aliphatic heterocycles. The Labute approximate surface area is 124 Å². The van der Waals surface area contributed by atoms with Crippen LogP contribution < -0.4 is 15.2 Å². The quantitative estimate of drug-likeness (QED) is 0.660. The van der Waals surface area contributed by atoms with Crippen molar-refractivity contribution in [3.05, 3.63) is 52.3 Å². The van der Waals surface area contributed by atoms with Crippen LogP contribution in [-0.4, -0.2) is 12.9 Å². The van der Waals surface area contributed by atoms with Crippen molar-refractivity contribution >= 4 is 21.8 Å². The first-order valence-electron chi connectivity index (χ1n) is 5.66. The molecule has 0 aliphatic rings. The van der Waals surface area contributed by atoms with Gasteiger partial charge in [0.05, 0.1) is 17.1 Å². The molecule has 0 unspecified atom stereocenters. The topological polar surface area (TPSA) is 68.3 Å². The summed E-state index contributed by atoms with van der Waals surface area (Å²) in [4.78, 5) is 0. The van der Waals surface area contributed by atoms with Gasteiger partial charge in [0.1, 0.15) is 28.9 Å². The second-order valence-electron chi connectivity index (χ2n) is 3.95. The van der Waals surface area contributed by atoms with E-state index in [2.05, 4.69) is 15.9 Å². The first-order chi connectivity index (χ1) is 9.51. The summed E-state index contributed by atoms with van der Waals surface area (Å²) in [6.45, 7) is 0. The Kier molecular flexibility index (Phi) is 4.24. The third-order valence-electron chi connectivity index (χ3n) is 2.60. The van der Waals surface area contributed by atoms with E-state index >= 15 is 0 Å². The Morgan fingerprint density at radius 2 is 1.90 bits per heavy atom. The number of amidine groups is 1. The lowest BCUT2D eigenvalue weighted by Crippen LogP contribution is -2.12. The van der Waals surface area contributed by atoms with Gasteiger partial charge >= 0.3 is 0 Å². The second kappa shape index (κ2) is 5.92. The van der Waals surface area contributed by atoms with Crippen LogP contribution >= 0.6 is 15.9 Å². The third kappa shape index (κ3) is 3.08. The number of ether oxygens (including phenoxy) is 2. The van der Waals surface area contributed by atoms with Crippen LogP contribution in [0.15, 0.2) is 40.9 Å². The molecule has 2 aromatic carbocycles. The summed E-state index contributed by atoms with van der Waals surface area (Å²) in [6, 6.07) is 9.27. The molecule has 4 nitrogen and oxygen atoms in total. The van der Waals surface area contributed by atoms with Gasteiger partial charge in [-0.2, -0.15) is 0 Å². The van der Waals surface area contributed by atoms with Gasteiger partial charge < -0.3 is 15.2 Å². The van der Waals surface area contributed by atoms with Crippen molar-refractivity contribution in [3.63, 3.8) is 0 Å². The maximum atomic E-state index is 13.5. The van der Waals surface area contributed by atoms with E-state index in [1.54, 1.807) is 24.3 Å². The second-order valence-corrected chi connectivity index (χ2v) is 4.81. The van der Waals surface area contributed by atoms with Gasteiger partial charge in [0, 0.05) is 12.1 Å². The summed E-state index contributed by atoms with van der Waals surface area (Å²) in [7, 11) is 1.52. The molecule has 3 N–H and O–H groups in total. The summed E-state index contributed by atoms with van der Waals surface area (Å²) < 4.78 is 24.5. The van der Waals surface area contributed by atoms with Crippen LogP contribution in [0.25, 0.3) is 0 Å². The highest BCUT2D eigenvalue weighted by atomic mass is 79.9. The van der Waals surface area contributed by atoms with E-state index in [4.69, 9.17) is 20.6 Å². The molecule has 0 saturated carbocycles. The van der Waals surface area contributed by atoms with E-state index in [0.29, 0.717) is 27.3 Å². The van der Waals surface area contributed by atoms with E-state index in [-0.39, 0.29) is 5.84 Å². The van der Waals surface area contributed by atoms with Gasteiger partial charge in [0.2, 0.25) is 0 Å². The number of nitrogens with two attached hydrogens (primary N) is 1. The summed E-state index contributed by atoms with van der Waals surface area (Å²) in [5.74, 6) is 0.623. The molecule has 0 spiro atoms. The third-order valence-corrected chi connectivity index (χ3v) is 3.24. The first kappa shape index (κ1) is 14.3. The van der Waals surface area contributed by atoms with Gasteiger partial charge in [0.25, 0.3) is 0 Å². The lowest BCUT2D eigenvalue weighted by molar-refractivity contribution is 0.408. The summed E-state index contributed by atoms with van der Waals surface area (Å²) >= 11 is 3.07. The van der Waals surface area contributed by atoms with Crippen molar-refractivity contribution in [1.29, 1.82) is 5.41 Å². The van der Waals surface area contributed by atoms with Gasteiger partial charge in [-0.3, -0.25) is 5.41 Å². The molecule has 0 aliphatic carbocycles. The van der Waals surface area contributed by atoms with Gasteiger partial charge in [-0.15, -0.1) is 0 Å². The van der Waals surface area contributed by atoms with E-state index in [1.807, 2.05) is 0 Å². The number of nitrogen functional groups attached to an aromatic ring is 1. The van der Waals surface area contributed by atoms with Crippen LogP contribution in [0.3, 0.4) is 0 Å². The highest BCUT2D eigenvalue weighted by Gasteiger charge is 2.10. The van der Waals surface area contributed by atoms with Crippen molar-refractivity contribution in [2.75, 3.05) is 7.11 Å². The fraction of sp³-hybridized carbons (Fsp3) is 0.0714. The molecule has 0 amide bonds. The standard InChI is InChI=1S/C14H12BrFN2O2/c1-19-8-2-4-10(14(17)18)13(7-8)20-9-3-5-11(15)12(16)6-9/h2-7H,1H3,(H3,17,18). The van der Waals surface area contributed by atoms with Gasteiger partial charge in [-0.1, -0.05) is 0 Å². The molecule has 104 valence electrons. The Hall–Kier alpha value is -2.08. The van der Waals surface area contributed by atoms with Crippen molar-refractivity contribution in [2.45, 2.75) is 0 Å². The molecule has 0 bridgehead atoms. The molecular formula is C14H12BrFN2O2. The van der Waals surface area contributed by atoms with Crippen LogP contribution in [0.1, 0.15) is 5.56 Å². The molecule has 0 atom stereocenters. The highest BCUT2D eigenvalue weighted by Crippen LogP contribution is 2.30. The zero-order valence-corrected chi connectivity index (χ0v) is 12.2. The Balaban J connectivity index is 2.40. The molecule has 2 aromatic rings. The molecule has 20 heavy (non-hydrogen) atoms. The SMILES string of the molecule is COc1ccc(C(=N)N)c(Oc2ccc(Br)c(F)c2)c1. The van der Waals surface area contributed by atoms with Crippen LogP contribution in [0, 0.1) is 11.2 Å². The lowest BCUT2D eigenvalue weighted by Gasteiger charge is -2.12. The van der Waals surface area contributed by atoms with E-state index in [1.165, 1.54) is 19.2 Å². The van der Waals surface area contributed by atoms with E-state index in [9.17, 15) is 4.39 Å². The minimum atomic E-state index is -0.435. The number of rotatable bonds is 4. The molecule has 0 heterocycles. The van der Waals surface area contributed by atoms with E-state index < -0.39 is 5.82 Å². The highest BCUT2D eigenvalue weighted by molar-refractivity contribution is 9.10. The number of halogens is 2. The number of methoxy groups -OCH3 is 1. The molecule has 2 rings (SSSR count). The largest absolute Gasteiger partial charge is 0.497 e. The summed E-state index contributed by atoms with van der Waals surface area (Å²) in [6.07, 6.45) is 0. The van der Waals surface area contributed by atoms with Crippen molar-refractivity contribution in [1.82, 2.24) is 0 Å².